The van der Waals surface area contributed by atoms with Crippen molar-refractivity contribution in [1.29, 1.82) is 0 Å². The van der Waals surface area contributed by atoms with Crippen molar-refractivity contribution < 1.29 is 14.3 Å². The van der Waals surface area contributed by atoms with Gasteiger partial charge in [-0.3, -0.25) is 9.59 Å². The summed E-state index contributed by atoms with van der Waals surface area (Å²) in [7, 11) is 1.67. The van der Waals surface area contributed by atoms with Crippen molar-refractivity contribution in [2.45, 2.75) is 38.1 Å². The van der Waals surface area contributed by atoms with Crippen molar-refractivity contribution in [3.63, 3.8) is 0 Å². The molecule has 136 valence electrons. The van der Waals surface area contributed by atoms with E-state index in [0.717, 1.165) is 12.3 Å². The number of carbonyl (C=O) groups is 2. The lowest BCUT2D eigenvalue weighted by atomic mass is 9.68. The molecule has 0 radical (unpaired) electrons. The molecule has 1 N–H and O–H groups in total. The lowest BCUT2D eigenvalue weighted by Crippen LogP contribution is -2.47. The summed E-state index contributed by atoms with van der Waals surface area (Å²) < 4.78 is 5.55. The van der Waals surface area contributed by atoms with E-state index in [2.05, 4.69) is 5.32 Å². The summed E-state index contributed by atoms with van der Waals surface area (Å²) >= 11 is 6.17. The van der Waals surface area contributed by atoms with Crippen molar-refractivity contribution in [3.05, 3.63) is 22.7 Å². The topological polar surface area (TPSA) is 58.6 Å². The second kappa shape index (κ2) is 7.04. The van der Waals surface area contributed by atoms with Crippen LogP contribution in [0, 0.1) is 11.8 Å². The van der Waals surface area contributed by atoms with Gasteiger partial charge in [0.15, 0.2) is 12.4 Å². The minimum Gasteiger partial charge on any atom is -0.481 e. The molecule has 0 saturated heterocycles. The zero-order valence-corrected chi connectivity index (χ0v) is 15.7. The summed E-state index contributed by atoms with van der Waals surface area (Å²) in [6.07, 6.45) is 6.06. The molecule has 7 heteroatoms. The van der Waals surface area contributed by atoms with Crippen LogP contribution in [0.4, 0.5) is 5.69 Å². The molecule has 3 saturated carbocycles. The predicted octanol–water partition coefficient (Wildman–Crippen LogP) is 3.43. The van der Waals surface area contributed by atoms with Gasteiger partial charge in [0.05, 0.1) is 11.3 Å². The normalized spacial score (nSPS) is 27.2. The number of anilines is 1. The van der Waals surface area contributed by atoms with Crippen LogP contribution in [-0.4, -0.2) is 31.5 Å². The number of amides is 2. The quantitative estimate of drug-likeness (QED) is 0.849. The third kappa shape index (κ3) is 3.32. The van der Waals surface area contributed by atoms with E-state index in [1.165, 1.54) is 30.6 Å². The predicted molar refractivity (Wildman–Crippen MR) is 98.9 cm³/mol. The van der Waals surface area contributed by atoms with Crippen LogP contribution in [0.3, 0.4) is 0 Å². The molecule has 1 unspecified atom stereocenters. The molecule has 5 nitrogen and oxygen atoms in total. The fraction of sp³-hybridized carbons (Fsp3) is 0.556. The van der Waals surface area contributed by atoms with Gasteiger partial charge < -0.3 is 15.0 Å². The fourth-order valence-electron chi connectivity index (χ4n) is 4.31. The average molecular weight is 385 g/mol. The van der Waals surface area contributed by atoms with Crippen LogP contribution in [0.15, 0.2) is 12.1 Å². The van der Waals surface area contributed by atoms with E-state index < -0.39 is 0 Å². The number of benzene rings is 1. The number of hydrogen-bond acceptors (Lipinski definition) is 3. The molecule has 1 atom stereocenters. The standard InChI is InChI=1S/C18H21ClN2O3.ClH/c1-21-15-8-12(19)7-13(17(15)24-9-16(21)22)18(23)20-14-6-10-2-4-11(14)5-3-10;/h7-8,10-11,14H,2-6,9H2,1H3,(H,20,23);1H. The zero-order chi connectivity index (χ0) is 16.8. The SMILES string of the molecule is CN1C(=O)COc2c(C(=O)NC3CC4CCC3CC4)cc(Cl)cc21.Cl. The molecule has 25 heavy (non-hydrogen) atoms. The van der Waals surface area contributed by atoms with Crippen LogP contribution in [-0.2, 0) is 4.79 Å². The van der Waals surface area contributed by atoms with Gasteiger partial charge in [0.1, 0.15) is 0 Å². The number of carbonyl (C=O) groups excluding carboxylic acids is 2. The molecule has 0 aromatic heterocycles. The minimum absolute atomic E-state index is 0. The first kappa shape index (κ1) is 18.3. The van der Waals surface area contributed by atoms with E-state index in [0.29, 0.717) is 27.9 Å². The molecule has 3 fully saturated rings. The molecule has 0 spiro atoms. The number of likely N-dealkylation sites (N-methyl/N-ethyl adjacent to an activating group) is 1. The molecular formula is C18H22Cl2N2O3. The van der Waals surface area contributed by atoms with Crippen LogP contribution < -0.4 is 15.0 Å². The fourth-order valence-corrected chi connectivity index (χ4v) is 4.53. The maximum atomic E-state index is 12.8. The highest BCUT2D eigenvalue weighted by Crippen LogP contribution is 2.42. The first-order valence-electron chi connectivity index (χ1n) is 8.56. The van der Waals surface area contributed by atoms with E-state index in [9.17, 15) is 9.59 Å². The first-order chi connectivity index (χ1) is 11.5. The van der Waals surface area contributed by atoms with E-state index in [1.807, 2.05) is 0 Å². The minimum atomic E-state index is -0.158. The second-order valence-corrected chi connectivity index (χ2v) is 7.58. The zero-order valence-electron chi connectivity index (χ0n) is 14.1. The second-order valence-electron chi connectivity index (χ2n) is 7.14. The van der Waals surface area contributed by atoms with E-state index in [1.54, 1.807) is 19.2 Å². The van der Waals surface area contributed by atoms with Gasteiger partial charge in [-0.2, -0.15) is 0 Å². The number of halogens is 2. The summed E-state index contributed by atoms with van der Waals surface area (Å²) in [5.41, 5.74) is 0.965. The Labute approximate surface area is 158 Å². The Morgan fingerprint density at radius 3 is 2.64 bits per heavy atom. The van der Waals surface area contributed by atoms with Crippen molar-refractivity contribution in [2.24, 2.45) is 11.8 Å². The van der Waals surface area contributed by atoms with Crippen molar-refractivity contribution in [1.82, 2.24) is 5.32 Å². The third-order valence-electron chi connectivity index (χ3n) is 5.72. The Morgan fingerprint density at radius 2 is 2.00 bits per heavy atom. The number of rotatable bonds is 2. The van der Waals surface area contributed by atoms with Gasteiger partial charge in [-0.25, -0.2) is 0 Å². The molecule has 4 aliphatic rings. The summed E-state index contributed by atoms with van der Waals surface area (Å²) in [6.45, 7) is -0.0560. The van der Waals surface area contributed by atoms with Gasteiger partial charge in [-0.05, 0) is 43.2 Å². The summed E-state index contributed by atoms with van der Waals surface area (Å²) in [4.78, 5) is 26.1. The summed E-state index contributed by atoms with van der Waals surface area (Å²) in [5.74, 6) is 1.46. The highest BCUT2D eigenvalue weighted by Gasteiger charge is 2.37. The van der Waals surface area contributed by atoms with Gasteiger partial charge in [0.2, 0.25) is 0 Å². The van der Waals surface area contributed by atoms with Crippen molar-refractivity contribution in [2.75, 3.05) is 18.6 Å². The molecule has 2 amide bonds. The Bertz CT molecular complexity index is 702. The lowest BCUT2D eigenvalue weighted by Gasteiger charge is -2.42. The molecule has 1 aromatic carbocycles. The van der Waals surface area contributed by atoms with Gasteiger partial charge in [0, 0.05) is 18.1 Å². The molecule has 2 bridgehead atoms. The molecule has 3 aliphatic carbocycles. The maximum absolute atomic E-state index is 12.8. The largest absolute Gasteiger partial charge is 0.481 e. The monoisotopic (exact) mass is 384 g/mol. The maximum Gasteiger partial charge on any atom is 0.264 e. The van der Waals surface area contributed by atoms with Gasteiger partial charge in [-0.15, -0.1) is 12.4 Å². The Morgan fingerprint density at radius 1 is 1.28 bits per heavy atom. The van der Waals surface area contributed by atoms with Gasteiger partial charge in [-0.1, -0.05) is 24.4 Å². The van der Waals surface area contributed by atoms with Crippen LogP contribution in [0.5, 0.6) is 5.75 Å². The Hall–Kier alpha value is -1.46. The smallest absolute Gasteiger partial charge is 0.264 e. The first-order valence-corrected chi connectivity index (χ1v) is 8.94. The van der Waals surface area contributed by atoms with Gasteiger partial charge >= 0.3 is 0 Å². The lowest BCUT2D eigenvalue weighted by molar-refractivity contribution is -0.121. The molecular weight excluding hydrogens is 363 g/mol. The number of ether oxygens (including phenoxy) is 1. The highest BCUT2D eigenvalue weighted by molar-refractivity contribution is 6.31. The summed E-state index contributed by atoms with van der Waals surface area (Å²) in [5, 5.41) is 3.61. The van der Waals surface area contributed by atoms with Crippen LogP contribution in [0.1, 0.15) is 42.5 Å². The Balaban J connectivity index is 0.00000182. The van der Waals surface area contributed by atoms with E-state index in [-0.39, 0.29) is 36.9 Å². The van der Waals surface area contributed by atoms with Crippen LogP contribution in [0.2, 0.25) is 5.02 Å². The average Bonchev–Trinajstić information content (AvgIpc) is 2.59. The van der Waals surface area contributed by atoms with Gasteiger partial charge in [0.25, 0.3) is 11.8 Å². The van der Waals surface area contributed by atoms with E-state index >= 15 is 0 Å². The van der Waals surface area contributed by atoms with Crippen LogP contribution >= 0.6 is 24.0 Å². The Kier molecular flexibility index (Phi) is 5.16. The van der Waals surface area contributed by atoms with E-state index in [4.69, 9.17) is 16.3 Å². The molecule has 1 heterocycles. The summed E-state index contributed by atoms with van der Waals surface area (Å²) in [6, 6.07) is 3.52. The molecule has 5 rings (SSSR count). The molecule has 1 aromatic rings. The number of fused-ring (bicyclic) bond motifs is 4. The van der Waals surface area contributed by atoms with Crippen LogP contribution in [0.25, 0.3) is 0 Å². The number of nitrogens with zero attached hydrogens (tertiary/aromatic N) is 1. The third-order valence-corrected chi connectivity index (χ3v) is 5.94. The highest BCUT2D eigenvalue weighted by atomic mass is 35.5. The van der Waals surface area contributed by atoms with Crippen molar-refractivity contribution >= 4 is 41.5 Å². The number of hydrogen-bond donors (Lipinski definition) is 1. The molecule has 1 aliphatic heterocycles. The number of nitrogens with one attached hydrogen (secondary N) is 1. The van der Waals surface area contributed by atoms with Crippen molar-refractivity contribution in [3.8, 4) is 5.75 Å².